The van der Waals surface area contributed by atoms with E-state index in [1.807, 2.05) is 18.1 Å². The number of carbonyl (C=O) groups excluding carboxylic acids is 1. The van der Waals surface area contributed by atoms with Crippen LogP contribution in [0.15, 0.2) is 36.7 Å². The Labute approximate surface area is 138 Å². The zero-order valence-corrected chi connectivity index (χ0v) is 14.2. The number of carbonyl (C=O) groups is 1. The van der Waals surface area contributed by atoms with Crippen LogP contribution in [0.5, 0.6) is 0 Å². The number of imidazole rings is 1. The molecule has 0 spiro atoms. The summed E-state index contributed by atoms with van der Waals surface area (Å²) in [5.41, 5.74) is 2.46. The average molecular weight is 314 g/mol. The maximum absolute atomic E-state index is 12.1. The topological polar surface area (TPSA) is 50.2 Å². The van der Waals surface area contributed by atoms with Crippen LogP contribution in [0.1, 0.15) is 30.3 Å². The molecule has 0 aliphatic carbocycles. The van der Waals surface area contributed by atoms with Crippen LogP contribution in [0.2, 0.25) is 0 Å². The molecule has 0 fully saturated rings. The third kappa shape index (κ3) is 5.53. The van der Waals surface area contributed by atoms with Crippen LogP contribution in [0.3, 0.4) is 0 Å². The molecule has 1 aromatic heterocycles. The summed E-state index contributed by atoms with van der Waals surface area (Å²) in [5, 5.41) is 2.95. The van der Waals surface area contributed by atoms with Crippen molar-refractivity contribution in [3.05, 3.63) is 53.6 Å². The molecule has 2 aromatic rings. The Hall–Kier alpha value is -2.14. The minimum Gasteiger partial charge on any atom is -0.348 e. The van der Waals surface area contributed by atoms with Crippen LogP contribution in [-0.2, 0) is 24.4 Å². The molecule has 5 heteroatoms. The van der Waals surface area contributed by atoms with Crippen molar-refractivity contribution in [2.75, 3.05) is 13.6 Å². The first-order valence-electron chi connectivity index (χ1n) is 8.09. The van der Waals surface area contributed by atoms with Gasteiger partial charge in [0.25, 0.3) is 0 Å². The molecule has 1 aromatic carbocycles. The van der Waals surface area contributed by atoms with Crippen LogP contribution in [0.4, 0.5) is 0 Å². The third-order valence-corrected chi connectivity index (χ3v) is 3.70. The smallest absolute Gasteiger partial charge is 0.234 e. The molecule has 5 nitrogen and oxygen atoms in total. The number of nitrogens with one attached hydrogen (secondary N) is 1. The Bertz CT molecular complexity index is 618. The minimum absolute atomic E-state index is 0.0191. The lowest BCUT2D eigenvalue weighted by Crippen LogP contribution is -2.35. The molecule has 0 saturated carbocycles. The number of nitrogens with zero attached hydrogens (tertiary/aromatic N) is 3. The zero-order chi connectivity index (χ0) is 16.7. The van der Waals surface area contributed by atoms with Gasteiger partial charge in [0.05, 0.1) is 13.1 Å². The maximum Gasteiger partial charge on any atom is 0.234 e. The number of benzene rings is 1. The number of amides is 1. The highest BCUT2D eigenvalue weighted by molar-refractivity contribution is 5.77. The highest BCUT2D eigenvalue weighted by Crippen LogP contribution is 2.05. The Morgan fingerprint density at radius 2 is 2.04 bits per heavy atom. The van der Waals surface area contributed by atoms with E-state index < -0.39 is 0 Å². The van der Waals surface area contributed by atoms with Gasteiger partial charge in [0.1, 0.15) is 5.82 Å². The van der Waals surface area contributed by atoms with E-state index in [2.05, 4.69) is 53.0 Å². The van der Waals surface area contributed by atoms with Crippen LogP contribution >= 0.6 is 0 Å². The van der Waals surface area contributed by atoms with Gasteiger partial charge >= 0.3 is 0 Å². The summed E-state index contributed by atoms with van der Waals surface area (Å²) < 4.78 is 2.08. The van der Waals surface area contributed by atoms with Crippen LogP contribution in [0.25, 0.3) is 0 Å². The van der Waals surface area contributed by atoms with Gasteiger partial charge < -0.3 is 9.88 Å². The Kier molecular flexibility index (Phi) is 6.35. The van der Waals surface area contributed by atoms with Gasteiger partial charge in [-0.05, 0) is 26.0 Å². The molecule has 0 unspecified atom stereocenters. The number of aryl methyl sites for hydroxylation is 2. The number of rotatable bonds is 8. The summed E-state index contributed by atoms with van der Waals surface area (Å²) in [6.07, 6.45) is 4.78. The summed E-state index contributed by atoms with van der Waals surface area (Å²) in [6.45, 7) is 6.75. The molecular weight excluding hydrogens is 288 g/mol. The lowest BCUT2D eigenvalue weighted by atomic mass is 10.1. The molecule has 0 saturated heterocycles. The summed E-state index contributed by atoms with van der Waals surface area (Å²) >= 11 is 0. The lowest BCUT2D eigenvalue weighted by Gasteiger charge is -2.16. The SMILES string of the molecule is CCCn1ccnc1CNC(=O)CN(C)Cc1ccc(C)cc1. The molecule has 1 amide bonds. The van der Waals surface area contributed by atoms with E-state index in [0.29, 0.717) is 13.1 Å². The Morgan fingerprint density at radius 1 is 1.30 bits per heavy atom. The van der Waals surface area contributed by atoms with Gasteiger partial charge in [-0.25, -0.2) is 4.98 Å². The number of likely N-dealkylation sites (N-methyl/N-ethyl adjacent to an activating group) is 1. The molecule has 2 rings (SSSR count). The first-order valence-corrected chi connectivity index (χ1v) is 8.09. The standard InChI is InChI=1S/C18H26N4O/c1-4-10-22-11-9-19-17(22)12-20-18(23)14-21(3)13-16-7-5-15(2)6-8-16/h5-9,11H,4,10,12-14H2,1-3H3,(H,20,23). The summed E-state index contributed by atoms with van der Waals surface area (Å²) in [4.78, 5) is 18.4. The van der Waals surface area contributed by atoms with E-state index in [9.17, 15) is 4.79 Å². The van der Waals surface area contributed by atoms with Crippen molar-refractivity contribution < 1.29 is 4.79 Å². The van der Waals surface area contributed by atoms with Gasteiger partial charge in [0, 0.05) is 25.5 Å². The molecule has 0 aliphatic heterocycles. The van der Waals surface area contributed by atoms with Gasteiger partial charge in [-0.2, -0.15) is 0 Å². The van der Waals surface area contributed by atoms with Crippen LogP contribution in [-0.4, -0.2) is 34.0 Å². The Morgan fingerprint density at radius 3 is 2.74 bits per heavy atom. The molecule has 1 heterocycles. The molecule has 1 N–H and O–H groups in total. The van der Waals surface area contributed by atoms with E-state index in [1.54, 1.807) is 6.20 Å². The van der Waals surface area contributed by atoms with Crippen LogP contribution in [0, 0.1) is 6.92 Å². The number of hydrogen-bond donors (Lipinski definition) is 1. The van der Waals surface area contributed by atoms with Crippen molar-refractivity contribution in [3.8, 4) is 0 Å². The minimum atomic E-state index is 0.0191. The summed E-state index contributed by atoms with van der Waals surface area (Å²) in [7, 11) is 1.96. The van der Waals surface area contributed by atoms with Crippen molar-refractivity contribution in [3.63, 3.8) is 0 Å². The second-order valence-electron chi connectivity index (χ2n) is 5.97. The van der Waals surface area contributed by atoms with Gasteiger partial charge in [-0.1, -0.05) is 36.8 Å². The largest absolute Gasteiger partial charge is 0.348 e. The number of aromatic nitrogens is 2. The molecule has 0 bridgehead atoms. The van der Waals surface area contributed by atoms with Crippen molar-refractivity contribution in [1.29, 1.82) is 0 Å². The predicted molar refractivity (Wildman–Crippen MR) is 91.9 cm³/mol. The fourth-order valence-corrected chi connectivity index (χ4v) is 2.49. The highest BCUT2D eigenvalue weighted by atomic mass is 16.2. The first kappa shape index (κ1) is 17.2. The van der Waals surface area contributed by atoms with Crippen molar-refractivity contribution in [2.24, 2.45) is 0 Å². The Balaban J connectivity index is 1.77. The third-order valence-electron chi connectivity index (χ3n) is 3.70. The quantitative estimate of drug-likeness (QED) is 0.814. The molecule has 23 heavy (non-hydrogen) atoms. The lowest BCUT2D eigenvalue weighted by molar-refractivity contribution is -0.122. The van der Waals surface area contributed by atoms with Gasteiger partial charge in [-0.15, -0.1) is 0 Å². The van der Waals surface area contributed by atoms with E-state index in [-0.39, 0.29) is 5.91 Å². The van der Waals surface area contributed by atoms with Crippen molar-refractivity contribution in [2.45, 2.75) is 39.9 Å². The van der Waals surface area contributed by atoms with Gasteiger partial charge in [0.15, 0.2) is 0 Å². The maximum atomic E-state index is 12.1. The zero-order valence-electron chi connectivity index (χ0n) is 14.2. The normalized spacial score (nSPS) is 11.0. The molecule has 0 aliphatic rings. The monoisotopic (exact) mass is 314 g/mol. The predicted octanol–water partition coefficient (Wildman–Crippen LogP) is 2.35. The molecule has 124 valence electrons. The second kappa shape index (κ2) is 8.48. The van der Waals surface area contributed by atoms with Crippen LogP contribution < -0.4 is 5.32 Å². The average Bonchev–Trinajstić information content (AvgIpc) is 2.95. The van der Waals surface area contributed by atoms with Gasteiger partial charge in [-0.3, -0.25) is 9.69 Å². The molecular formula is C18H26N4O. The van der Waals surface area contributed by atoms with E-state index in [1.165, 1.54) is 11.1 Å². The van der Waals surface area contributed by atoms with E-state index >= 15 is 0 Å². The van der Waals surface area contributed by atoms with Crippen molar-refractivity contribution >= 4 is 5.91 Å². The fourth-order valence-electron chi connectivity index (χ4n) is 2.49. The number of hydrogen-bond acceptors (Lipinski definition) is 3. The molecule has 0 atom stereocenters. The summed E-state index contributed by atoms with van der Waals surface area (Å²) in [6, 6.07) is 8.39. The second-order valence-corrected chi connectivity index (χ2v) is 5.97. The fraction of sp³-hybridized carbons (Fsp3) is 0.444. The van der Waals surface area contributed by atoms with Gasteiger partial charge in [0.2, 0.25) is 5.91 Å². The first-order chi connectivity index (χ1) is 11.1. The van der Waals surface area contributed by atoms with E-state index in [4.69, 9.17) is 0 Å². The highest BCUT2D eigenvalue weighted by Gasteiger charge is 2.09. The van der Waals surface area contributed by atoms with Crippen molar-refractivity contribution in [1.82, 2.24) is 19.8 Å². The summed E-state index contributed by atoms with van der Waals surface area (Å²) in [5.74, 6) is 0.923. The molecule has 0 radical (unpaired) electrons. The van der Waals surface area contributed by atoms with E-state index in [0.717, 1.165) is 25.3 Å².